The Bertz CT molecular complexity index is 349. The van der Waals surface area contributed by atoms with Gasteiger partial charge in [-0.3, -0.25) is 9.48 Å². The lowest BCUT2D eigenvalue weighted by Gasteiger charge is -2.14. The molecule has 0 unspecified atom stereocenters. The number of aromatic nitrogens is 2. The molecule has 0 saturated carbocycles. The molecule has 0 aliphatic heterocycles. The highest BCUT2D eigenvalue weighted by molar-refractivity contribution is 5.80. The highest BCUT2D eigenvalue weighted by atomic mass is 16.1. The Morgan fingerprint density at radius 2 is 2.12 bits per heavy atom. The molecule has 2 N–H and O–H groups in total. The summed E-state index contributed by atoms with van der Waals surface area (Å²) >= 11 is 0. The fraction of sp³-hybridized carbons (Fsp3) is 0.667. The van der Waals surface area contributed by atoms with Crippen LogP contribution >= 0.6 is 0 Å². The van der Waals surface area contributed by atoms with Crippen molar-refractivity contribution in [3.05, 3.63) is 11.8 Å². The summed E-state index contributed by atoms with van der Waals surface area (Å²) in [5, 5.41) is 10.2. The molecule has 0 spiro atoms. The summed E-state index contributed by atoms with van der Waals surface area (Å²) in [5.41, 5.74) is 1.06. The molecule has 0 aliphatic rings. The Morgan fingerprint density at radius 3 is 2.59 bits per heavy atom. The highest BCUT2D eigenvalue weighted by Gasteiger charge is 2.08. The van der Waals surface area contributed by atoms with E-state index < -0.39 is 0 Å². The maximum absolute atomic E-state index is 11.6. The van der Waals surface area contributed by atoms with Crippen LogP contribution in [-0.4, -0.2) is 28.3 Å². The van der Waals surface area contributed by atoms with Crippen molar-refractivity contribution in [1.29, 1.82) is 0 Å². The summed E-state index contributed by atoms with van der Waals surface area (Å²) in [5.74, 6) is 0.756. The number of anilines is 1. The van der Waals surface area contributed by atoms with Gasteiger partial charge in [-0.05, 0) is 19.8 Å². The summed E-state index contributed by atoms with van der Waals surface area (Å²) in [6.07, 6.45) is 1.93. The van der Waals surface area contributed by atoms with Gasteiger partial charge in [-0.15, -0.1) is 0 Å². The molecule has 1 aromatic rings. The largest absolute Gasteiger partial charge is 0.360 e. The normalized spacial score (nSPS) is 10.6. The number of nitrogens with zero attached hydrogens (tertiary/aromatic N) is 2. The number of rotatable bonds is 6. The Kier molecular flexibility index (Phi) is 5.00. The SMILES string of the molecule is CCC(CC)NC(=O)CNc1cc(C)n(C)n1. The van der Waals surface area contributed by atoms with Crippen LogP contribution in [0.3, 0.4) is 0 Å². The lowest BCUT2D eigenvalue weighted by atomic mass is 10.2. The van der Waals surface area contributed by atoms with E-state index in [9.17, 15) is 4.79 Å². The molecule has 0 aromatic carbocycles. The summed E-state index contributed by atoms with van der Waals surface area (Å²) in [4.78, 5) is 11.6. The lowest BCUT2D eigenvalue weighted by Crippen LogP contribution is -2.37. The maximum Gasteiger partial charge on any atom is 0.239 e. The van der Waals surface area contributed by atoms with Gasteiger partial charge in [0.1, 0.15) is 5.82 Å². The van der Waals surface area contributed by atoms with Crippen molar-refractivity contribution in [1.82, 2.24) is 15.1 Å². The fourth-order valence-corrected chi connectivity index (χ4v) is 1.59. The number of amides is 1. The van der Waals surface area contributed by atoms with Crippen molar-refractivity contribution in [3.8, 4) is 0 Å². The van der Waals surface area contributed by atoms with Gasteiger partial charge in [0.05, 0.1) is 6.54 Å². The molecule has 1 heterocycles. The molecule has 0 atom stereocenters. The number of hydrogen-bond acceptors (Lipinski definition) is 3. The first-order valence-electron chi connectivity index (χ1n) is 6.10. The topological polar surface area (TPSA) is 59.0 Å². The molecule has 0 fully saturated rings. The van der Waals surface area contributed by atoms with Crippen LogP contribution in [-0.2, 0) is 11.8 Å². The van der Waals surface area contributed by atoms with E-state index in [-0.39, 0.29) is 18.5 Å². The summed E-state index contributed by atoms with van der Waals surface area (Å²) in [6.45, 7) is 6.39. The molecule has 1 amide bonds. The van der Waals surface area contributed by atoms with Crippen LogP contribution in [0.2, 0.25) is 0 Å². The first kappa shape index (κ1) is 13.5. The van der Waals surface area contributed by atoms with Gasteiger partial charge < -0.3 is 10.6 Å². The van der Waals surface area contributed by atoms with Crippen molar-refractivity contribution in [3.63, 3.8) is 0 Å². The predicted octanol–water partition coefficient (Wildman–Crippen LogP) is 1.45. The fourth-order valence-electron chi connectivity index (χ4n) is 1.59. The van der Waals surface area contributed by atoms with Crippen LogP contribution in [0, 0.1) is 6.92 Å². The molecule has 0 radical (unpaired) electrons. The number of nitrogens with one attached hydrogen (secondary N) is 2. The molecule has 0 saturated heterocycles. The van der Waals surface area contributed by atoms with Gasteiger partial charge in [0.2, 0.25) is 5.91 Å². The third kappa shape index (κ3) is 4.09. The Labute approximate surface area is 103 Å². The zero-order chi connectivity index (χ0) is 12.8. The Balaban J connectivity index is 2.37. The van der Waals surface area contributed by atoms with Crippen molar-refractivity contribution in [2.45, 2.75) is 39.7 Å². The van der Waals surface area contributed by atoms with E-state index >= 15 is 0 Å². The standard InChI is InChI=1S/C12H22N4O/c1-5-10(6-2)14-12(17)8-13-11-7-9(3)16(4)15-11/h7,10H,5-6,8H2,1-4H3,(H,13,15)(H,14,17). The van der Waals surface area contributed by atoms with Crippen LogP contribution in [0.15, 0.2) is 6.07 Å². The van der Waals surface area contributed by atoms with Crippen molar-refractivity contribution in [2.75, 3.05) is 11.9 Å². The van der Waals surface area contributed by atoms with Crippen molar-refractivity contribution < 1.29 is 4.79 Å². The van der Waals surface area contributed by atoms with Crippen LogP contribution in [0.4, 0.5) is 5.82 Å². The van der Waals surface area contributed by atoms with Gasteiger partial charge in [0.25, 0.3) is 0 Å². The van der Waals surface area contributed by atoms with E-state index in [1.54, 1.807) is 4.68 Å². The molecule has 0 aliphatic carbocycles. The van der Waals surface area contributed by atoms with Crippen molar-refractivity contribution >= 4 is 11.7 Å². The average molecular weight is 238 g/mol. The number of carbonyl (C=O) groups excluding carboxylic acids is 1. The molecule has 96 valence electrons. The smallest absolute Gasteiger partial charge is 0.239 e. The van der Waals surface area contributed by atoms with Gasteiger partial charge in [-0.2, -0.15) is 5.10 Å². The van der Waals surface area contributed by atoms with Crippen LogP contribution in [0.25, 0.3) is 0 Å². The highest BCUT2D eigenvalue weighted by Crippen LogP contribution is 2.05. The second-order valence-electron chi connectivity index (χ2n) is 4.23. The Hall–Kier alpha value is -1.52. The zero-order valence-corrected chi connectivity index (χ0v) is 11.1. The van der Waals surface area contributed by atoms with E-state index in [0.29, 0.717) is 0 Å². The van der Waals surface area contributed by atoms with Gasteiger partial charge in [-0.1, -0.05) is 13.8 Å². The predicted molar refractivity (Wildman–Crippen MR) is 68.9 cm³/mol. The molecule has 17 heavy (non-hydrogen) atoms. The van der Waals surface area contributed by atoms with Crippen LogP contribution < -0.4 is 10.6 Å². The molecular formula is C12H22N4O. The van der Waals surface area contributed by atoms with Gasteiger partial charge in [0.15, 0.2) is 0 Å². The quantitative estimate of drug-likeness (QED) is 0.788. The molecule has 5 nitrogen and oxygen atoms in total. The van der Waals surface area contributed by atoms with Crippen molar-refractivity contribution in [2.24, 2.45) is 7.05 Å². The first-order valence-corrected chi connectivity index (χ1v) is 6.10. The van der Waals surface area contributed by atoms with Crippen LogP contribution in [0.5, 0.6) is 0 Å². The van der Waals surface area contributed by atoms with Gasteiger partial charge in [-0.25, -0.2) is 0 Å². The van der Waals surface area contributed by atoms with E-state index in [0.717, 1.165) is 24.4 Å². The summed E-state index contributed by atoms with van der Waals surface area (Å²) < 4.78 is 1.78. The number of carbonyl (C=O) groups is 1. The van der Waals surface area contributed by atoms with E-state index in [1.165, 1.54) is 0 Å². The third-order valence-corrected chi connectivity index (χ3v) is 2.89. The second kappa shape index (κ2) is 6.27. The van der Waals surface area contributed by atoms with E-state index in [4.69, 9.17) is 0 Å². The van der Waals surface area contributed by atoms with Crippen LogP contribution in [0.1, 0.15) is 32.4 Å². The van der Waals surface area contributed by atoms with Gasteiger partial charge in [0, 0.05) is 24.8 Å². The molecular weight excluding hydrogens is 216 g/mol. The van der Waals surface area contributed by atoms with E-state index in [1.807, 2.05) is 20.0 Å². The molecule has 1 aromatic heterocycles. The van der Waals surface area contributed by atoms with E-state index in [2.05, 4.69) is 29.6 Å². The molecule has 5 heteroatoms. The lowest BCUT2D eigenvalue weighted by molar-refractivity contribution is -0.120. The minimum atomic E-state index is 0.0157. The number of aryl methyl sites for hydroxylation is 2. The Morgan fingerprint density at radius 1 is 1.47 bits per heavy atom. The molecule has 1 rings (SSSR count). The zero-order valence-electron chi connectivity index (χ0n) is 11.1. The maximum atomic E-state index is 11.6. The summed E-state index contributed by atoms with van der Waals surface area (Å²) in [7, 11) is 1.88. The average Bonchev–Trinajstić information content (AvgIpc) is 2.63. The van der Waals surface area contributed by atoms with Gasteiger partial charge >= 0.3 is 0 Å². The summed E-state index contributed by atoms with van der Waals surface area (Å²) in [6, 6.07) is 2.19. The third-order valence-electron chi connectivity index (χ3n) is 2.89. The number of hydrogen-bond donors (Lipinski definition) is 2. The second-order valence-corrected chi connectivity index (χ2v) is 4.23. The first-order chi connectivity index (χ1) is 8.06. The molecule has 0 bridgehead atoms. The minimum absolute atomic E-state index is 0.0157. The monoisotopic (exact) mass is 238 g/mol. The minimum Gasteiger partial charge on any atom is -0.360 e.